The normalized spacial score (nSPS) is 24.3. The number of amides is 1. The van der Waals surface area contributed by atoms with Crippen LogP contribution in [0, 0.1) is 0 Å². The summed E-state index contributed by atoms with van der Waals surface area (Å²) in [5, 5.41) is 0. The van der Waals surface area contributed by atoms with Crippen LogP contribution in [0.15, 0.2) is 36.8 Å². The molecule has 0 saturated carbocycles. The number of carbonyl (C=O) groups excluding carboxylic acids is 1. The van der Waals surface area contributed by atoms with Gasteiger partial charge in [-0.05, 0) is 24.0 Å². The van der Waals surface area contributed by atoms with E-state index in [0.717, 1.165) is 12.8 Å². The van der Waals surface area contributed by atoms with Crippen LogP contribution in [0.4, 0.5) is 0 Å². The molecule has 90 valence electrons. The molecule has 2 atom stereocenters. The van der Waals surface area contributed by atoms with Crippen LogP contribution >= 0.6 is 0 Å². The average molecular weight is 239 g/mol. The van der Waals surface area contributed by atoms with E-state index in [1.165, 1.54) is 11.1 Å². The highest BCUT2D eigenvalue weighted by molar-refractivity contribution is 5.93. The molecule has 18 heavy (non-hydrogen) atoms. The van der Waals surface area contributed by atoms with Crippen molar-refractivity contribution in [3.8, 4) is 0 Å². The summed E-state index contributed by atoms with van der Waals surface area (Å²) in [5.41, 5.74) is 3.22. The zero-order valence-corrected chi connectivity index (χ0v) is 9.84. The molecule has 0 radical (unpaired) electrons. The third kappa shape index (κ3) is 1.15. The van der Waals surface area contributed by atoms with E-state index < -0.39 is 0 Å². The van der Waals surface area contributed by atoms with E-state index >= 15 is 0 Å². The molecule has 0 aliphatic carbocycles. The highest BCUT2D eigenvalue weighted by Gasteiger charge is 2.46. The highest BCUT2D eigenvalue weighted by atomic mass is 16.2. The number of fused-ring (bicyclic) bond motifs is 5. The number of nitrogens with zero attached hydrogens (tertiary/aromatic N) is 2. The van der Waals surface area contributed by atoms with Crippen molar-refractivity contribution in [1.29, 1.82) is 0 Å². The second-order valence-electron chi connectivity index (χ2n) is 4.92. The number of hydrogen-bond donors (Lipinski definition) is 1. The summed E-state index contributed by atoms with van der Waals surface area (Å²) in [6.45, 7) is 0. The van der Waals surface area contributed by atoms with Gasteiger partial charge in [-0.25, -0.2) is 4.98 Å². The van der Waals surface area contributed by atoms with Crippen LogP contribution in [0.1, 0.15) is 46.5 Å². The predicted octanol–water partition coefficient (Wildman–Crippen LogP) is 2.44. The lowest BCUT2D eigenvalue weighted by Crippen LogP contribution is -2.28. The lowest BCUT2D eigenvalue weighted by Gasteiger charge is -2.21. The first-order valence-corrected chi connectivity index (χ1v) is 6.26. The Bertz CT molecular complexity index is 574. The molecule has 1 saturated heterocycles. The lowest BCUT2D eigenvalue weighted by molar-refractivity contribution is 0.0691. The van der Waals surface area contributed by atoms with Gasteiger partial charge in [-0.3, -0.25) is 4.79 Å². The highest BCUT2D eigenvalue weighted by Crippen LogP contribution is 2.53. The van der Waals surface area contributed by atoms with Crippen LogP contribution < -0.4 is 0 Å². The summed E-state index contributed by atoms with van der Waals surface area (Å²) >= 11 is 0. The van der Waals surface area contributed by atoms with E-state index in [-0.39, 0.29) is 18.0 Å². The minimum Gasteiger partial charge on any atom is -0.341 e. The summed E-state index contributed by atoms with van der Waals surface area (Å²) < 4.78 is 0. The number of benzene rings is 1. The van der Waals surface area contributed by atoms with Gasteiger partial charge < -0.3 is 9.88 Å². The van der Waals surface area contributed by atoms with Gasteiger partial charge in [0.1, 0.15) is 5.69 Å². The Morgan fingerprint density at radius 2 is 1.89 bits per heavy atom. The van der Waals surface area contributed by atoms with Crippen LogP contribution in [-0.4, -0.2) is 20.8 Å². The van der Waals surface area contributed by atoms with Crippen LogP contribution in [0.3, 0.4) is 0 Å². The molecule has 1 N–H and O–H groups in total. The monoisotopic (exact) mass is 239 g/mol. The Morgan fingerprint density at radius 3 is 2.44 bits per heavy atom. The van der Waals surface area contributed by atoms with Crippen molar-refractivity contribution in [3.63, 3.8) is 0 Å². The molecule has 2 aromatic rings. The number of aromatic nitrogens is 2. The summed E-state index contributed by atoms with van der Waals surface area (Å²) in [7, 11) is 0. The van der Waals surface area contributed by atoms with Crippen LogP contribution in [0.2, 0.25) is 0 Å². The van der Waals surface area contributed by atoms with Gasteiger partial charge in [0, 0.05) is 0 Å². The van der Waals surface area contributed by atoms with Gasteiger partial charge in [-0.1, -0.05) is 24.3 Å². The number of H-pyrrole nitrogens is 1. The Balaban J connectivity index is 1.76. The maximum atomic E-state index is 12.5. The fraction of sp³-hybridized carbons (Fsp3) is 0.286. The minimum atomic E-state index is 0.0659. The number of carbonyl (C=O) groups is 1. The van der Waals surface area contributed by atoms with E-state index in [9.17, 15) is 4.79 Å². The molecule has 1 aromatic heterocycles. The van der Waals surface area contributed by atoms with Crippen molar-refractivity contribution in [3.05, 3.63) is 53.6 Å². The fourth-order valence-corrected chi connectivity index (χ4v) is 3.33. The zero-order valence-electron chi connectivity index (χ0n) is 9.84. The van der Waals surface area contributed by atoms with Crippen molar-refractivity contribution in [2.75, 3.05) is 0 Å². The molecular formula is C14H13N3O. The topological polar surface area (TPSA) is 49.0 Å². The molecule has 3 heterocycles. The first-order chi connectivity index (χ1) is 8.86. The van der Waals surface area contributed by atoms with E-state index in [4.69, 9.17) is 0 Å². The number of rotatable bonds is 1. The van der Waals surface area contributed by atoms with Crippen molar-refractivity contribution in [2.24, 2.45) is 0 Å². The van der Waals surface area contributed by atoms with Crippen molar-refractivity contribution < 1.29 is 4.79 Å². The Hall–Kier alpha value is -2.10. The standard InChI is InChI=1S/C14H13N3O/c18-14(11-7-15-8-16-11)17-12-5-6-13(17)10-4-2-1-3-9(10)12/h1-4,7-8,12-13H,5-6H2,(H,15,16). The molecule has 4 heteroatoms. The van der Waals surface area contributed by atoms with Gasteiger partial charge in [-0.15, -0.1) is 0 Å². The molecule has 2 bridgehead atoms. The number of hydrogen-bond acceptors (Lipinski definition) is 2. The maximum Gasteiger partial charge on any atom is 0.272 e. The van der Waals surface area contributed by atoms with E-state index in [2.05, 4.69) is 34.2 Å². The van der Waals surface area contributed by atoms with Crippen molar-refractivity contribution in [1.82, 2.24) is 14.9 Å². The quantitative estimate of drug-likeness (QED) is 0.831. The average Bonchev–Trinajstić information content (AvgIpc) is 3.13. The van der Waals surface area contributed by atoms with E-state index in [0.29, 0.717) is 5.69 Å². The molecule has 1 fully saturated rings. The molecule has 0 spiro atoms. The fourth-order valence-electron chi connectivity index (χ4n) is 3.33. The largest absolute Gasteiger partial charge is 0.341 e. The molecule has 2 unspecified atom stereocenters. The first kappa shape index (κ1) is 9.88. The Labute approximate surface area is 105 Å². The van der Waals surface area contributed by atoms with Crippen LogP contribution in [-0.2, 0) is 0 Å². The molecule has 4 nitrogen and oxygen atoms in total. The molecule has 1 amide bonds. The Morgan fingerprint density at radius 1 is 1.22 bits per heavy atom. The summed E-state index contributed by atoms with van der Waals surface area (Å²) in [5.74, 6) is 0.0659. The smallest absolute Gasteiger partial charge is 0.272 e. The third-order valence-electron chi connectivity index (χ3n) is 4.06. The first-order valence-electron chi connectivity index (χ1n) is 6.26. The van der Waals surface area contributed by atoms with Gasteiger partial charge in [0.2, 0.25) is 0 Å². The van der Waals surface area contributed by atoms with Gasteiger partial charge in [0.05, 0.1) is 24.6 Å². The van der Waals surface area contributed by atoms with Crippen LogP contribution in [0.25, 0.3) is 0 Å². The second kappa shape index (κ2) is 3.45. The lowest BCUT2D eigenvalue weighted by atomic mass is 9.92. The number of aromatic amines is 1. The molecule has 2 aliphatic heterocycles. The second-order valence-corrected chi connectivity index (χ2v) is 4.92. The Kier molecular flexibility index (Phi) is 1.89. The van der Waals surface area contributed by atoms with E-state index in [1.54, 1.807) is 12.5 Å². The maximum absolute atomic E-state index is 12.5. The van der Waals surface area contributed by atoms with Gasteiger partial charge in [0.25, 0.3) is 5.91 Å². The summed E-state index contributed by atoms with van der Waals surface area (Å²) in [6.07, 6.45) is 5.30. The van der Waals surface area contributed by atoms with Gasteiger partial charge in [-0.2, -0.15) is 0 Å². The zero-order chi connectivity index (χ0) is 12.1. The molecule has 1 aromatic carbocycles. The molecule has 4 rings (SSSR count). The van der Waals surface area contributed by atoms with Gasteiger partial charge in [0.15, 0.2) is 0 Å². The number of imidazole rings is 1. The van der Waals surface area contributed by atoms with Crippen molar-refractivity contribution >= 4 is 5.91 Å². The number of nitrogens with one attached hydrogen (secondary N) is 1. The molecular weight excluding hydrogens is 226 g/mol. The summed E-state index contributed by atoms with van der Waals surface area (Å²) in [4.78, 5) is 21.3. The minimum absolute atomic E-state index is 0.0659. The van der Waals surface area contributed by atoms with Gasteiger partial charge >= 0.3 is 0 Å². The SMILES string of the molecule is O=C(c1cnc[nH]1)N1C2CCC1c1ccccc12. The van der Waals surface area contributed by atoms with Crippen LogP contribution in [0.5, 0.6) is 0 Å². The predicted molar refractivity (Wildman–Crippen MR) is 65.9 cm³/mol. The molecule has 2 aliphatic rings. The third-order valence-corrected chi connectivity index (χ3v) is 4.06. The summed E-state index contributed by atoms with van der Waals surface area (Å²) in [6, 6.07) is 8.90. The van der Waals surface area contributed by atoms with E-state index in [1.807, 2.05) is 4.90 Å². The van der Waals surface area contributed by atoms with Crippen molar-refractivity contribution in [2.45, 2.75) is 24.9 Å².